The van der Waals surface area contributed by atoms with Crippen LogP contribution in [0.2, 0.25) is 0 Å². The highest BCUT2D eigenvalue weighted by atomic mass is 16.5. The molecule has 0 amide bonds. The molecule has 0 radical (unpaired) electrons. The van der Waals surface area contributed by atoms with Crippen molar-refractivity contribution in [3.63, 3.8) is 0 Å². The average Bonchev–Trinajstić information content (AvgIpc) is 2.89. The quantitative estimate of drug-likeness (QED) is 0.727. The minimum Gasteiger partial charge on any atom is -0.497 e. The summed E-state index contributed by atoms with van der Waals surface area (Å²) in [5.74, 6) is 1.25. The third kappa shape index (κ3) is 1.78. The second-order valence-corrected chi connectivity index (χ2v) is 4.54. The Hall–Kier alpha value is -2.57. The predicted molar refractivity (Wildman–Crippen MR) is 73.7 cm³/mol. The van der Waals surface area contributed by atoms with Crippen molar-refractivity contribution in [3.8, 4) is 5.75 Å². The first-order chi connectivity index (χ1) is 9.61. The fourth-order valence-electron chi connectivity index (χ4n) is 2.29. The number of fused-ring (bicyclic) bond motifs is 1. The SMILES string of the molecule is COc1ccc(N2CCn3c2nn(C)c(=O)c3=O)cc1. The predicted octanol–water partition coefficient (Wildman–Crippen LogP) is 0.102. The molecule has 1 aromatic carbocycles. The Kier molecular flexibility index (Phi) is 2.81. The largest absolute Gasteiger partial charge is 0.497 e. The van der Waals surface area contributed by atoms with Gasteiger partial charge in [-0.05, 0) is 24.3 Å². The Morgan fingerprint density at radius 2 is 1.80 bits per heavy atom. The first-order valence-corrected chi connectivity index (χ1v) is 6.21. The molecule has 0 spiro atoms. The van der Waals surface area contributed by atoms with Crippen molar-refractivity contribution in [2.45, 2.75) is 6.54 Å². The van der Waals surface area contributed by atoms with Gasteiger partial charge in [0, 0.05) is 25.8 Å². The van der Waals surface area contributed by atoms with Crippen molar-refractivity contribution in [2.24, 2.45) is 7.05 Å². The van der Waals surface area contributed by atoms with Crippen molar-refractivity contribution < 1.29 is 4.74 Å². The zero-order chi connectivity index (χ0) is 14.3. The molecule has 3 rings (SSSR count). The zero-order valence-corrected chi connectivity index (χ0v) is 11.2. The van der Waals surface area contributed by atoms with Gasteiger partial charge in [-0.1, -0.05) is 0 Å². The van der Waals surface area contributed by atoms with Gasteiger partial charge in [0.25, 0.3) is 0 Å². The van der Waals surface area contributed by atoms with Crippen LogP contribution in [0.5, 0.6) is 5.75 Å². The van der Waals surface area contributed by atoms with E-state index >= 15 is 0 Å². The monoisotopic (exact) mass is 274 g/mol. The number of benzene rings is 1. The maximum Gasteiger partial charge on any atom is 0.332 e. The van der Waals surface area contributed by atoms with Crippen LogP contribution in [-0.4, -0.2) is 28.0 Å². The number of anilines is 2. The number of aromatic nitrogens is 3. The first kappa shape index (κ1) is 12.5. The van der Waals surface area contributed by atoms with Gasteiger partial charge in [-0.15, -0.1) is 5.10 Å². The Morgan fingerprint density at radius 3 is 2.45 bits per heavy atom. The van der Waals surface area contributed by atoms with Gasteiger partial charge < -0.3 is 9.64 Å². The Morgan fingerprint density at radius 1 is 1.10 bits per heavy atom. The summed E-state index contributed by atoms with van der Waals surface area (Å²) < 4.78 is 7.61. The molecule has 7 nitrogen and oxygen atoms in total. The second-order valence-electron chi connectivity index (χ2n) is 4.54. The molecule has 0 saturated carbocycles. The van der Waals surface area contributed by atoms with Gasteiger partial charge >= 0.3 is 11.1 Å². The van der Waals surface area contributed by atoms with E-state index in [9.17, 15) is 9.59 Å². The fourth-order valence-corrected chi connectivity index (χ4v) is 2.29. The van der Waals surface area contributed by atoms with Gasteiger partial charge in [0.2, 0.25) is 5.95 Å². The van der Waals surface area contributed by atoms with Crippen LogP contribution in [0.3, 0.4) is 0 Å². The molecule has 1 aliphatic rings. The van der Waals surface area contributed by atoms with E-state index in [-0.39, 0.29) is 0 Å². The molecule has 7 heteroatoms. The summed E-state index contributed by atoms with van der Waals surface area (Å²) >= 11 is 0. The highest BCUT2D eigenvalue weighted by molar-refractivity contribution is 5.59. The molecule has 20 heavy (non-hydrogen) atoms. The van der Waals surface area contributed by atoms with E-state index in [2.05, 4.69) is 5.10 Å². The maximum atomic E-state index is 11.9. The van der Waals surface area contributed by atoms with Gasteiger partial charge in [-0.3, -0.25) is 14.2 Å². The first-order valence-electron chi connectivity index (χ1n) is 6.21. The van der Waals surface area contributed by atoms with E-state index in [1.165, 1.54) is 11.6 Å². The summed E-state index contributed by atoms with van der Waals surface area (Å²) in [5, 5.41) is 4.18. The zero-order valence-electron chi connectivity index (χ0n) is 11.2. The Bertz CT molecular complexity index is 761. The van der Waals surface area contributed by atoms with Gasteiger partial charge in [-0.2, -0.15) is 0 Å². The van der Waals surface area contributed by atoms with Gasteiger partial charge in [0.05, 0.1) is 7.11 Å². The number of hydrogen-bond donors (Lipinski definition) is 0. The number of nitrogens with zero attached hydrogens (tertiary/aromatic N) is 4. The number of hydrogen-bond acceptors (Lipinski definition) is 5. The van der Waals surface area contributed by atoms with Crippen LogP contribution in [0, 0.1) is 0 Å². The lowest BCUT2D eigenvalue weighted by Gasteiger charge is -2.17. The summed E-state index contributed by atoms with van der Waals surface area (Å²) in [6, 6.07) is 7.48. The molecule has 0 atom stereocenters. The number of aryl methyl sites for hydroxylation is 1. The van der Waals surface area contributed by atoms with Crippen molar-refractivity contribution >= 4 is 11.6 Å². The van der Waals surface area contributed by atoms with E-state index in [1.807, 2.05) is 29.2 Å². The topological polar surface area (TPSA) is 69.4 Å². The van der Waals surface area contributed by atoms with E-state index in [1.54, 1.807) is 7.11 Å². The highest BCUT2D eigenvalue weighted by Gasteiger charge is 2.25. The number of methoxy groups -OCH3 is 1. The van der Waals surface area contributed by atoms with Crippen LogP contribution in [0.1, 0.15) is 0 Å². The van der Waals surface area contributed by atoms with Crippen molar-refractivity contribution in [3.05, 3.63) is 45.0 Å². The minimum atomic E-state index is -0.606. The normalized spacial score (nSPS) is 13.4. The lowest BCUT2D eigenvalue weighted by molar-refractivity contribution is 0.415. The van der Waals surface area contributed by atoms with Crippen molar-refractivity contribution in [1.29, 1.82) is 0 Å². The average molecular weight is 274 g/mol. The summed E-state index contributed by atoms with van der Waals surface area (Å²) in [7, 11) is 3.09. The summed E-state index contributed by atoms with van der Waals surface area (Å²) in [6.07, 6.45) is 0. The third-order valence-corrected chi connectivity index (χ3v) is 3.38. The van der Waals surface area contributed by atoms with E-state index < -0.39 is 11.1 Å². The van der Waals surface area contributed by atoms with Crippen molar-refractivity contribution in [2.75, 3.05) is 18.6 Å². The van der Waals surface area contributed by atoms with Crippen LogP contribution in [-0.2, 0) is 13.6 Å². The molecule has 0 aliphatic carbocycles. The lowest BCUT2D eigenvalue weighted by atomic mass is 10.3. The summed E-state index contributed by atoms with van der Waals surface area (Å²) in [4.78, 5) is 25.4. The molecule has 0 fully saturated rings. The molecule has 0 bridgehead atoms. The molecular weight excluding hydrogens is 260 g/mol. The van der Waals surface area contributed by atoms with Crippen molar-refractivity contribution in [1.82, 2.24) is 14.3 Å². The Labute approximate surface area is 114 Å². The van der Waals surface area contributed by atoms with Crippen LogP contribution in [0.25, 0.3) is 0 Å². The standard InChI is InChI=1S/C13H14N4O3/c1-15-11(18)12(19)17-8-7-16(13(17)14-15)9-3-5-10(20-2)6-4-9/h3-6H,7-8H2,1-2H3. The molecular formula is C13H14N4O3. The van der Waals surface area contributed by atoms with Crippen LogP contribution in [0.4, 0.5) is 11.6 Å². The maximum absolute atomic E-state index is 11.9. The molecule has 2 aromatic rings. The number of rotatable bonds is 2. The van der Waals surface area contributed by atoms with E-state index in [4.69, 9.17) is 4.74 Å². The van der Waals surface area contributed by atoms with E-state index in [0.29, 0.717) is 19.0 Å². The summed E-state index contributed by atoms with van der Waals surface area (Å²) in [5.41, 5.74) is -0.235. The van der Waals surface area contributed by atoms with Crippen LogP contribution >= 0.6 is 0 Å². The van der Waals surface area contributed by atoms with E-state index in [0.717, 1.165) is 16.1 Å². The lowest BCUT2D eigenvalue weighted by Crippen LogP contribution is -2.41. The molecule has 2 heterocycles. The van der Waals surface area contributed by atoms with Gasteiger partial charge in [0.1, 0.15) is 5.75 Å². The Balaban J connectivity index is 2.08. The summed E-state index contributed by atoms with van der Waals surface area (Å²) in [6.45, 7) is 1.07. The molecule has 0 saturated heterocycles. The number of ether oxygens (including phenoxy) is 1. The molecule has 104 valence electrons. The molecule has 0 unspecified atom stereocenters. The van der Waals surface area contributed by atoms with Gasteiger partial charge in [0.15, 0.2) is 0 Å². The van der Waals surface area contributed by atoms with Crippen LogP contribution in [0.15, 0.2) is 33.9 Å². The van der Waals surface area contributed by atoms with Gasteiger partial charge in [-0.25, -0.2) is 4.68 Å². The minimum absolute atomic E-state index is 0.462. The second kappa shape index (κ2) is 4.52. The fraction of sp³-hybridized carbons (Fsp3) is 0.308. The third-order valence-electron chi connectivity index (χ3n) is 3.38. The molecule has 1 aromatic heterocycles. The smallest absolute Gasteiger partial charge is 0.332 e. The highest BCUT2D eigenvalue weighted by Crippen LogP contribution is 2.27. The van der Waals surface area contributed by atoms with Crippen LogP contribution < -0.4 is 20.8 Å². The molecule has 0 N–H and O–H groups in total. The molecule has 1 aliphatic heterocycles.